The Labute approximate surface area is 117 Å². The number of amides is 1. The van der Waals surface area contributed by atoms with E-state index in [1.807, 2.05) is 0 Å². The van der Waals surface area contributed by atoms with E-state index >= 15 is 0 Å². The summed E-state index contributed by atoms with van der Waals surface area (Å²) in [5.74, 6) is 0.105. The van der Waals surface area contributed by atoms with Gasteiger partial charge in [0, 0.05) is 71.3 Å². The molecule has 0 heterocycles. The Hall–Kier alpha value is 1.12. The van der Waals surface area contributed by atoms with E-state index in [0.717, 1.165) is 6.42 Å². The van der Waals surface area contributed by atoms with Crippen molar-refractivity contribution in [2.45, 2.75) is 19.3 Å². The molecule has 0 spiro atoms. The van der Waals surface area contributed by atoms with E-state index in [1.165, 1.54) is 0 Å². The van der Waals surface area contributed by atoms with Crippen molar-refractivity contribution < 1.29 is 61.2 Å². The summed E-state index contributed by atoms with van der Waals surface area (Å²) >= 11 is 0. The Kier molecular flexibility index (Phi) is 19.8. The second-order valence-electron chi connectivity index (χ2n) is 2.50. The van der Waals surface area contributed by atoms with Crippen LogP contribution in [0.15, 0.2) is 0 Å². The van der Waals surface area contributed by atoms with Crippen molar-refractivity contribution in [3.8, 4) is 0 Å². The predicted octanol–water partition coefficient (Wildman–Crippen LogP) is 0.436. The number of carbonyl (C=O) groups excluding carboxylic acids is 1. The molecule has 13 heavy (non-hydrogen) atoms. The number of hydrogen-bond donors (Lipinski definition) is 1. The number of hydrogen-bond acceptors (Lipinski definition) is 2. The first-order valence-electron chi connectivity index (χ1n) is 3.86. The molecule has 0 fully saturated rings. The minimum absolute atomic E-state index is 0. The van der Waals surface area contributed by atoms with Crippen LogP contribution >= 0.6 is 0 Å². The first kappa shape index (κ1) is 19.7. The summed E-state index contributed by atoms with van der Waals surface area (Å²) in [6.45, 7) is 4.27. The van der Waals surface area contributed by atoms with Crippen LogP contribution in [-0.4, -0.2) is 36.1 Å². The van der Waals surface area contributed by atoms with Crippen molar-refractivity contribution in [2.24, 2.45) is 0 Å². The van der Waals surface area contributed by atoms with Gasteiger partial charge in [-0.3, -0.25) is 4.79 Å². The largest absolute Gasteiger partial charge is 0.396 e. The molecule has 0 aliphatic rings. The van der Waals surface area contributed by atoms with Gasteiger partial charge in [0.25, 0.3) is 0 Å². The van der Waals surface area contributed by atoms with Crippen molar-refractivity contribution in [1.29, 1.82) is 0 Å². The summed E-state index contributed by atoms with van der Waals surface area (Å²) in [5, 5.41) is 8.44. The van der Waals surface area contributed by atoms with Crippen LogP contribution < -0.4 is 0 Å². The Morgan fingerprint density at radius 2 is 2.00 bits per heavy atom. The molecule has 1 amide bonds. The van der Waals surface area contributed by atoms with Crippen LogP contribution in [0.2, 0.25) is 0 Å². The van der Waals surface area contributed by atoms with Crippen molar-refractivity contribution >= 4 is 5.91 Å². The van der Waals surface area contributed by atoms with Gasteiger partial charge >= 0.3 is 0 Å². The Morgan fingerprint density at radius 1 is 1.46 bits per heavy atom. The van der Waals surface area contributed by atoms with Gasteiger partial charge in [-0.05, 0) is 12.8 Å². The third-order valence-corrected chi connectivity index (χ3v) is 1.56. The molecular weight excluding hydrogens is 282 g/mol. The number of aliphatic hydroxyl groups excluding tert-OH is 1. The van der Waals surface area contributed by atoms with Gasteiger partial charge in [0.1, 0.15) is 0 Å². The van der Waals surface area contributed by atoms with E-state index in [-0.39, 0.29) is 63.8 Å². The van der Waals surface area contributed by atoms with Gasteiger partial charge in [0.05, 0.1) is 0 Å². The molecule has 0 bridgehead atoms. The second kappa shape index (κ2) is 13.1. The quantitative estimate of drug-likeness (QED) is 0.591. The number of aliphatic hydroxyl groups is 1. The van der Waals surface area contributed by atoms with Crippen LogP contribution in [0.3, 0.4) is 0 Å². The zero-order valence-corrected chi connectivity index (χ0v) is 12.3. The van der Waals surface area contributed by atoms with E-state index in [4.69, 9.17) is 5.11 Å². The molecule has 0 aromatic rings. The summed E-state index contributed by atoms with van der Waals surface area (Å²) in [4.78, 5) is 12.6. The summed E-state index contributed by atoms with van der Waals surface area (Å²) in [6.07, 6.45) is 1.99. The molecule has 0 aliphatic heterocycles. The average Bonchev–Trinajstić information content (AvgIpc) is 2.03. The summed E-state index contributed by atoms with van der Waals surface area (Å²) < 4.78 is 0. The third kappa shape index (κ3) is 11.0. The minimum Gasteiger partial charge on any atom is -0.396 e. The Morgan fingerprint density at radius 3 is 2.38 bits per heavy atom. The van der Waals surface area contributed by atoms with E-state index < -0.39 is 0 Å². The maximum atomic E-state index is 11.1. The zero-order chi connectivity index (χ0) is 8.69. The van der Waals surface area contributed by atoms with E-state index in [0.29, 0.717) is 19.4 Å². The molecule has 0 saturated heterocycles. The maximum absolute atomic E-state index is 11.1. The maximum Gasteiger partial charge on any atom is 0.219 e. The Balaban J connectivity index is -0.000000500. The van der Waals surface area contributed by atoms with Gasteiger partial charge in [-0.2, -0.15) is 0 Å². The van der Waals surface area contributed by atoms with Crippen LogP contribution in [-0.2, 0) is 56.1 Å². The predicted molar refractivity (Wildman–Crippen MR) is 43.9 cm³/mol. The van der Waals surface area contributed by atoms with Gasteiger partial charge in [0.15, 0.2) is 0 Å². The molecule has 2 radical (unpaired) electrons. The fourth-order valence-corrected chi connectivity index (χ4v) is 0.704. The smallest absolute Gasteiger partial charge is 0.219 e. The van der Waals surface area contributed by atoms with Crippen LogP contribution in [0, 0.1) is 6.92 Å². The first-order chi connectivity index (χ1) is 5.22. The van der Waals surface area contributed by atoms with Crippen molar-refractivity contribution in [3.63, 3.8) is 0 Å². The van der Waals surface area contributed by atoms with E-state index in [1.54, 1.807) is 11.9 Å². The zero-order valence-electron chi connectivity index (χ0n) is 8.07. The van der Waals surface area contributed by atoms with Gasteiger partial charge in [-0.25, -0.2) is 0 Å². The van der Waals surface area contributed by atoms with Crippen LogP contribution in [0.1, 0.15) is 19.3 Å². The number of rotatable bonds is 5. The second-order valence-corrected chi connectivity index (χ2v) is 2.50. The first-order valence-corrected chi connectivity index (χ1v) is 3.86. The molecule has 0 aromatic heterocycles. The van der Waals surface area contributed by atoms with Crippen LogP contribution in [0.4, 0.5) is 0 Å². The number of carbonyl (C=O) groups is 1. The van der Waals surface area contributed by atoms with Gasteiger partial charge in [-0.15, -0.1) is 6.54 Å². The summed E-state index contributed by atoms with van der Waals surface area (Å²) in [7, 11) is 1.73. The van der Waals surface area contributed by atoms with Crippen molar-refractivity contribution in [2.75, 3.05) is 20.2 Å². The molecule has 5 heteroatoms. The monoisotopic (exact) mass is 298 g/mol. The number of unbranched alkanes of at least 4 members (excludes halogenated alkanes) is 1. The molecule has 0 atom stereocenters. The van der Waals surface area contributed by atoms with Crippen molar-refractivity contribution in [1.82, 2.24) is 4.90 Å². The fourth-order valence-electron chi connectivity index (χ4n) is 0.704. The van der Waals surface area contributed by atoms with Crippen LogP contribution in [0.25, 0.3) is 0 Å². The molecule has 0 aromatic carbocycles. The molecule has 74 valence electrons. The molecule has 1 N–H and O–H groups in total. The number of nitrogens with zero attached hydrogens (tertiary/aromatic N) is 1. The Bertz CT molecular complexity index is 125. The average molecular weight is 298 g/mol. The van der Waals surface area contributed by atoms with Crippen molar-refractivity contribution in [3.05, 3.63) is 6.92 Å². The molecular formula is C8H16NO2VY-. The normalized spacial score (nSPS) is 8.23. The summed E-state index contributed by atoms with van der Waals surface area (Å²) in [5.41, 5.74) is 0. The van der Waals surface area contributed by atoms with Gasteiger partial charge in [0.2, 0.25) is 5.91 Å². The molecule has 0 rings (SSSR count). The molecule has 0 unspecified atom stereocenters. The minimum atomic E-state index is 0. The van der Waals surface area contributed by atoms with Gasteiger partial charge in [-0.1, -0.05) is 0 Å². The standard InChI is InChI=1S/C8H16NO2.V.Y/c1-3-9(2)8(11)6-4-5-7-10;;/h10H,1,3-7H2,2H3;;/q-1;;. The molecule has 3 nitrogen and oxygen atoms in total. The SMILES string of the molecule is [CH2-]CN(C)C(=O)CCCCO.[V].[Y]. The fraction of sp³-hybridized carbons (Fsp3) is 0.750. The third-order valence-electron chi connectivity index (χ3n) is 1.56. The molecule has 0 saturated carbocycles. The summed E-state index contributed by atoms with van der Waals surface area (Å²) in [6, 6.07) is 0. The van der Waals surface area contributed by atoms with E-state index in [9.17, 15) is 4.79 Å². The van der Waals surface area contributed by atoms with Crippen LogP contribution in [0.5, 0.6) is 0 Å². The van der Waals surface area contributed by atoms with E-state index in [2.05, 4.69) is 6.92 Å². The topological polar surface area (TPSA) is 40.5 Å². The molecule has 0 aliphatic carbocycles. The van der Waals surface area contributed by atoms with Gasteiger partial charge < -0.3 is 16.9 Å².